The van der Waals surface area contributed by atoms with E-state index in [0.29, 0.717) is 0 Å². The Morgan fingerprint density at radius 2 is 1.73 bits per heavy atom. The van der Waals surface area contributed by atoms with Crippen molar-refractivity contribution in [3.8, 4) is 16.8 Å². The van der Waals surface area contributed by atoms with E-state index in [0.717, 1.165) is 46.7 Å². The van der Waals surface area contributed by atoms with Crippen LogP contribution in [0.5, 0.6) is 0 Å². The maximum absolute atomic E-state index is 6.12. The van der Waals surface area contributed by atoms with Crippen LogP contribution in [0.1, 0.15) is 23.4 Å². The third-order valence-electron chi connectivity index (χ3n) is 5.15. The van der Waals surface area contributed by atoms with Crippen molar-refractivity contribution < 1.29 is 0 Å². The Morgan fingerprint density at radius 1 is 0.962 bits per heavy atom. The van der Waals surface area contributed by atoms with E-state index in [4.69, 9.17) is 21.7 Å². The predicted octanol–water partition coefficient (Wildman–Crippen LogP) is 5.54. The van der Waals surface area contributed by atoms with E-state index in [1.165, 1.54) is 22.4 Å². The lowest BCUT2D eigenvalue weighted by Gasteiger charge is -2.12. The second-order valence-corrected chi connectivity index (χ2v) is 7.24. The molecule has 0 unspecified atom stereocenters. The van der Waals surface area contributed by atoms with Crippen LogP contribution in [0.25, 0.3) is 27.8 Å². The van der Waals surface area contributed by atoms with Gasteiger partial charge in [-0.2, -0.15) is 5.10 Å². The number of aromatic nitrogens is 3. The number of pyridine rings is 1. The lowest BCUT2D eigenvalue weighted by molar-refractivity contribution is 0.866. The molecule has 0 fully saturated rings. The van der Waals surface area contributed by atoms with Crippen LogP contribution in [0.4, 0.5) is 0 Å². The average molecular weight is 360 g/mol. The molecule has 0 spiro atoms. The van der Waals surface area contributed by atoms with Crippen LogP contribution in [0.2, 0.25) is 5.02 Å². The molecular formula is C22H18ClN3. The van der Waals surface area contributed by atoms with E-state index in [2.05, 4.69) is 31.2 Å². The lowest BCUT2D eigenvalue weighted by Crippen LogP contribution is -2.00. The largest absolute Gasteiger partial charge is 0.233 e. The number of hydrogen-bond donors (Lipinski definition) is 0. The number of halogens is 1. The SMILES string of the molecule is Cc1nn(-c2ccccc2)c2nc3c(c(-c4ccc(Cl)cc4)c12)CCC3. The molecule has 1 aliphatic carbocycles. The molecule has 4 heteroatoms. The van der Waals surface area contributed by atoms with Gasteiger partial charge in [0.2, 0.25) is 0 Å². The van der Waals surface area contributed by atoms with E-state index in [1.807, 2.05) is 35.0 Å². The third-order valence-corrected chi connectivity index (χ3v) is 5.40. The molecule has 4 aromatic rings. The minimum absolute atomic E-state index is 0.757. The molecule has 0 amide bonds. The van der Waals surface area contributed by atoms with Gasteiger partial charge >= 0.3 is 0 Å². The van der Waals surface area contributed by atoms with Crippen LogP contribution in [0, 0.1) is 6.92 Å². The Bertz CT molecular complexity index is 1110. The number of benzene rings is 2. The van der Waals surface area contributed by atoms with Gasteiger partial charge in [0.25, 0.3) is 0 Å². The summed E-state index contributed by atoms with van der Waals surface area (Å²) in [5.74, 6) is 0. The highest BCUT2D eigenvalue weighted by Crippen LogP contribution is 2.39. The van der Waals surface area contributed by atoms with Crippen molar-refractivity contribution in [1.29, 1.82) is 0 Å². The summed E-state index contributed by atoms with van der Waals surface area (Å²) in [4.78, 5) is 5.03. The second-order valence-electron chi connectivity index (χ2n) is 6.80. The Hall–Kier alpha value is -2.65. The summed E-state index contributed by atoms with van der Waals surface area (Å²) in [6.07, 6.45) is 3.27. The van der Waals surface area contributed by atoms with Crippen LogP contribution < -0.4 is 0 Å². The third kappa shape index (κ3) is 2.35. The van der Waals surface area contributed by atoms with Crippen molar-refractivity contribution in [1.82, 2.24) is 14.8 Å². The zero-order valence-electron chi connectivity index (χ0n) is 14.5. The van der Waals surface area contributed by atoms with Crippen LogP contribution in [0.3, 0.4) is 0 Å². The summed E-state index contributed by atoms with van der Waals surface area (Å²) < 4.78 is 1.97. The normalized spacial score (nSPS) is 13.3. The molecule has 5 rings (SSSR count). The first-order chi connectivity index (χ1) is 12.7. The molecule has 2 heterocycles. The highest BCUT2D eigenvalue weighted by molar-refractivity contribution is 6.30. The van der Waals surface area contributed by atoms with Crippen LogP contribution in [0.15, 0.2) is 54.6 Å². The molecule has 2 aromatic carbocycles. The molecule has 26 heavy (non-hydrogen) atoms. The van der Waals surface area contributed by atoms with E-state index in [9.17, 15) is 0 Å². The molecular weight excluding hydrogens is 342 g/mol. The van der Waals surface area contributed by atoms with E-state index in [1.54, 1.807) is 0 Å². The molecule has 0 saturated carbocycles. The number of rotatable bonds is 2. The quantitative estimate of drug-likeness (QED) is 0.470. The van der Waals surface area contributed by atoms with Gasteiger partial charge in [0.15, 0.2) is 5.65 Å². The zero-order chi connectivity index (χ0) is 17.7. The fourth-order valence-corrected chi connectivity index (χ4v) is 4.12. The fourth-order valence-electron chi connectivity index (χ4n) is 3.99. The number of fused-ring (bicyclic) bond motifs is 2. The lowest BCUT2D eigenvalue weighted by atomic mass is 9.95. The first kappa shape index (κ1) is 15.6. The van der Waals surface area contributed by atoms with Crippen molar-refractivity contribution in [2.75, 3.05) is 0 Å². The second kappa shape index (κ2) is 5.96. The zero-order valence-corrected chi connectivity index (χ0v) is 15.3. The van der Waals surface area contributed by atoms with Gasteiger partial charge in [-0.25, -0.2) is 9.67 Å². The Morgan fingerprint density at radius 3 is 2.50 bits per heavy atom. The van der Waals surface area contributed by atoms with Crippen LogP contribution >= 0.6 is 11.6 Å². The molecule has 0 N–H and O–H groups in total. The first-order valence-electron chi connectivity index (χ1n) is 8.95. The van der Waals surface area contributed by atoms with Gasteiger partial charge in [0, 0.05) is 10.7 Å². The minimum Gasteiger partial charge on any atom is -0.233 e. The van der Waals surface area contributed by atoms with E-state index >= 15 is 0 Å². The molecule has 0 aliphatic heterocycles. The smallest absolute Gasteiger partial charge is 0.164 e. The molecule has 0 bridgehead atoms. The van der Waals surface area contributed by atoms with Gasteiger partial charge in [0.1, 0.15) is 0 Å². The maximum Gasteiger partial charge on any atom is 0.164 e. The standard InChI is InChI=1S/C22H18ClN3/c1-14-20-21(15-10-12-16(23)13-11-15)18-8-5-9-19(18)24-22(20)26(25-14)17-6-3-2-4-7-17/h2-4,6-7,10-13H,5,8-9H2,1H3. The van der Waals surface area contributed by atoms with Gasteiger partial charge in [-0.15, -0.1) is 0 Å². The molecule has 0 radical (unpaired) electrons. The van der Waals surface area contributed by atoms with Crippen molar-refractivity contribution in [3.05, 3.63) is 76.6 Å². The van der Waals surface area contributed by atoms with E-state index < -0.39 is 0 Å². The average Bonchev–Trinajstić information content (AvgIpc) is 3.26. The van der Waals surface area contributed by atoms with Gasteiger partial charge in [-0.1, -0.05) is 41.9 Å². The summed E-state index contributed by atoms with van der Waals surface area (Å²) in [5, 5.41) is 6.74. The highest BCUT2D eigenvalue weighted by atomic mass is 35.5. The molecule has 2 aromatic heterocycles. The Labute approximate surface area is 157 Å². The summed E-state index contributed by atoms with van der Waals surface area (Å²) >= 11 is 6.12. The van der Waals surface area contributed by atoms with Gasteiger partial charge in [-0.05, 0) is 67.1 Å². The number of para-hydroxylation sites is 1. The highest BCUT2D eigenvalue weighted by Gasteiger charge is 2.24. The van der Waals surface area contributed by atoms with Gasteiger partial charge in [-0.3, -0.25) is 0 Å². The molecule has 128 valence electrons. The molecule has 0 atom stereocenters. The number of nitrogens with zero attached hydrogens (tertiary/aromatic N) is 3. The van der Waals surface area contributed by atoms with Crippen molar-refractivity contribution in [3.63, 3.8) is 0 Å². The number of aryl methyl sites for hydroxylation is 2. The van der Waals surface area contributed by atoms with E-state index in [-0.39, 0.29) is 0 Å². The molecule has 0 saturated heterocycles. The minimum atomic E-state index is 0.757. The van der Waals surface area contributed by atoms with Gasteiger partial charge < -0.3 is 0 Å². The molecule has 3 nitrogen and oxygen atoms in total. The first-order valence-corrected chi connectivity index (χ1v) is 9.32. The van der Waals surface area contributed by atoms with Crippen LogP contribution in [-0.4, -0.2) is 14.8 Å². The van der Waals surface area contributed by atoms with Crippen molar-refractivity contribution in [2.45, 2.75) is 26.2 Å². The van der Waals surface area contributed by atoms with Crippen molar-refractivity contribution in [2.24, 2.45) is 0 Å². The summed E-state index contributed by atoms with van der Waals surface area (Å²) in [6.45, 7) is 2.07. The Balaban J connectivity index is 1.87. The summed E-state index contributed by atoms with van der Waals surface area (Å²) in [5.41, 5.74) is 8.04. The summed E-state index contributed by atoms with van der Waals surface area (Å²) in [6, 6.07) is 18.4. The Kier molecular flexibility index (Phi) is 3.57. The predicted molar refractivity (Wildman–Crippen MR) is 106 cm³/mol. The van der Waals surface area contributed by atoms with Gasteiger partial charge in [0.05, 0.1) is 16.8 Å². The maximum atomic E-state index is 6.12. The topological polar surface area (TPSA) is 30.7 Å². The molecule has 1 aliphatic rings. The van der Waals surface area contributed by atoms with Crippen molar-refractivity contribution >= 4 is 22.6 Å². The summed E-state index contributed by atoms with van der Waals surface area (Å²) in [7, 11) is 0. The van der Waals surface area contributed by atoms with Crippen LogP contribution in [-0.2, 0) is 12.8 Å². The fraction of sp³-hybridized carbons (Fsp3) is 0.182. The monoisotopic (exact) mass is 359 g/mol. The number of hydrogen-bond acceptors (Lipinski definition) is 2.